The van der Waals surface area contributed by atoms with Gasteiger partial charge < -0.3 is 0 Å². The molecule has 3 atom stereocenters. The van der Waals surface area contributed by atoms with Crippen molar-refractivity contribution in [3.8, 4) is 0 Å². The summed E-state index contributed by atoms with van der Waals surface area (Å²) in [5.41, 5.74) is 2.54. The highest BCUT2D eigenvalue weighted by Crippen LogP contribution is 2.48. The van der Waals surface area contributed by atoms with Gasteiger partial charge in [-0.3, -0.25) is 5.43 Å². The van der Waals surface area contributed by atoms with Crippen LogP contribution in [-0.2, 0) is 10.0 Å². The van der Waals surface area contributed by atoms with E-state index < -0.39 is 10.0 Å². The molecular weight excluding hydrogens is 264 g/mol. The number of sulfonamides is 1. The van der Waals surface area contributed by atoms with E-state index in [2.05, 4.69) is 20.2 Å². The zero-order valence-corrected chi connectivity index (χ0v) is 11.4. The smallest absolute Gasteiger partial charge is 0.238 e. The van der Waals surface area contributed by atoms with Gasteiger partial charge in [-0.2, -0.15) is 0 Å². The molecule has 2 fully saturated rings. The van der Waals surface area contributed by atoms with Crippen molar-refractivity contribution in [1.82, 2.24) is 14.8 Å². The standard InChI is InChI=1S/C12H18N4O2S/c17-19(18,16-15-12-13-4-1-5-14-12)8-11-7-9-2-3-10(11)6-9/h1,4-5,9-11,16H,2-3,6-8H2,(H,13,14,15). The summed E-state index contributed by atoms with van der Waals surface area (Å²) in [6.07, 6.45) is 7.87. The molecule has 7 heteroatoms. The summed E-state index contributed by atoms with van der Waals surface area (Å²) in [6, 6.07) is 1.68. The maximum atomic E-state index is 12.0. The largest absolute Gasteiger partial charge is 0.276 e. The molecular formula is C12H18N4O2S. The van der Waals surface area contributed by atoms with E-state index in [1.165, 1.54) is 19.3 Å². The highest BCUT2D eigenvalue weighted by Gasteiger charge is 2.41. The zero-order valence-electron chi connectivity index (χ0n) is 10.6. The Hall–Kier alpha value is -1.21. The first-order chi connectivity index (χ1) is 9.12. The van der Waals surface area contributed by atoms with Gasteiger partial charge in [-0.05, 0) is 43.1 Å². The number of hydrogen-bond donors (Lipinski definition) is 2. The van der Waals surface area contributed by atoms with E-state index in [1.54, 1.807) is 18.5 Å². The van der Waals surface area contributed by atoms with Gasteiger partial charge in [0.2, 0.25) is 16.0 Å². The Balaban J connectivity index is 1.55. The molecule has 0 spiro atoms. The van der Waals surface area contributed by atoms with Crippen LogP contribution in [0.15, 0.2) is 18.5 Å². The van der Waals surface area contributed by atoms with E-state index in [1.807, 2.05) is 0 Å². The van der Waals surface area contributed by atoms with Crippen molar-refractivity contribution in [2.75, 3.05) is 11.2 Å². The minimum atomic E-state index is -3.33. The quantitative estimate of drug-likeness (QED) is 0.792. The van der Waals surface area contributed by atoms with E-state index in [0.29, 0.717) is 11.8 Å². The molecule has 2 aliphatic carbocycles. The fourth-order valence-electron chi connectivity index (χ4n) is 3.39. The first-order valence-corrected chi connectivity index (χ1v) is 8.30. The first kappa shape index (κ1) is 12.8. The molecule has 1 heterocycles. The fourth-order valence-corrected chi connectivity index (χ4v) is 4.69. The Bertz CT molecular complexity index is 534. The summed E-state index contributed by atoms with van der Waals surface area (Å²) in [7, 11) is -3.33. The van der Waals surface area contributed by atoms with Crippen LogP contribution in [0.5, 0.6) is 0 Å². The van der Waals surface area contributed by atoms with Crippen molar-refractivity contribution in [2.24, 2.45) is 17.8 Å². The lowest BCUT2D eigenvalue weighted by Crippen LogP contribution is -2.35. The number of anilines is 1. The number of hydrogen-bond acceptors (Lipinski definition) is 5. The van der Waals surface area contributed by atoms with Crippen LogP contribution in [-0.4, -0.2) is 24.1 Å². The van der Waals surface area contributed by atoms with Crippen molar-refractivity contribution in [3.63, 3.8) is 0 Å². The lowest BCUT2D eigenvalue weighted by Gasteiger charge is -2.21. The minimum Gasteiger partial charge on any atom is -0.276 e. The lowest BCUT2D eigenvalue weighted by atomic mass is 9.90. The summed E-state index contributed by atoms with van der Waals surface area (Å²) in [6.45, 7) is 0. The summed E-state index contributed by atoms with van der Waals surface area (Å²) in [5, 5.41) is 0. The van der Waals surface area contributed by atoms with Crippen molar-refractivity contribution < 1.29 is 8.42 Å². The molecule has 1 aromatic rings. The average molecular weight is 282 g/mol. The maximum Gasteiger partial charge on any atom is 0.238 e. The number of rotatable bonds is 5. The molecule has 0 aliphatic heterocycles. The lowest BCUT2D eigenvalue weighted by molar-refractivity contribution is 0.359. The predicted octanol–water partition coefficient (Wildman–Crippen LogP) is 1.16. The van der Waals surface area contributed by atoms with Gasteiger partial charge in [-0.25, -0.2) is 18.4 Å². The Labute approximate surface area is 113 Å². The van der Waals surface area contributed by atoms with Crippen molar-refractivity contribution >= 4 is 16.0 Å². The number of nitrogens with zero attached hydrogens (tertiary/aromatic N) is 2. The minimum absolute atomic E-state index is 0.202. The van der Waals surface area contributed by atoms with Gasteiger partial charge in [-0.1, -0.05) is 6.42 Å². The van der Waals surface area contributed by atoms with Crippen LogP contribution in [0.3, 0.4) is 0 Å². The van der Waals surface area contributed by atoms with E-state index >= 15 is 0 Å². The molecule has 1 aromatic heterocycles. The summed E-state index contributed by atoms with van der Waals surface area (Å²) < 4.78 is 24.0. The van der Waals surface area contributed by atoms with Crippen LogP contribution in [0.1, 0.15) is 25.7 Å². The maximum absolute atomic E-state index is 12.0. The van der Waals surface area contributed by atoms with Crippen LogP contribution in [0.4, 0.5) is 5.95 Å². The normalized spacial score (nSPS) is 29.6. The van der Waals surface area contributed by atoms with Crippen molar-refractivity contribution in [2.45, 2.75) is 25.7 Å². The Morgan fingerprint density at radius 3 is 2.63 bits per heavy atom. The van der Waals surface area contributed by atoms with Gasteiger partial charge in [0.25, 0.3) is 0 Å². The van der Waals surface area contributed by atoms with Gasteiger partial charge in [0.05, 0.1) is 5.75 Å². The molecule has 0 radical (unpaired) electrons. The van der Waals surface area contributed by atoms with Gasteiger partial charge in [0.1, 0.15) is 0 Å². The Morgan fingerprint density at radius 2 is 2.00 bits per heavy atom. The molecule has 2 aliphatic rings. The highest BCUT2D eigenvalue weighted by molar-refractivity contribution is 7.89. The first-order valence-electron chi connectivity index (χ1n) is 6.65. The monoisotopic (exact) mass is 282 g/mol. The Morgan fingerprint density at radius 1 is 1.21 bits per heavy atom. The third kappa shape index (κ3) is 3.03. The second-order valence-corrected chi connectivity index (χ2v) is 7.28. The van der Waals surface area contributed by atoms with Gasteiger partial charge >= 0.3 is 0 Å². The number of fused-ring (bicyclic) bond motifs is 2. The van der Waals surface area contributed by atoms with Crippen molar-refractivity contribution in [1.29, 1.82) is 0 Å². The van der Waals surface area contributed by atoms with Gasteiger partial charge in [-0.15, -0.1) is 4.83 Å². The molecule has 3 rings (SSSR count). The molecule has 3 unspecified atom stereocenters. The fraction of sp³-hybridized carbons (Fsp3) is 0.667. The third-order valence-electron chi connectivity index (χ3n) is 4.20. The van der Waals surface area contributed by atoms with E-state index in [9.17, 15) is 8.42 Å². The summed E-state index contributed by atoms with van der Waals surface area (Å²) in [5.74, 6) is 2.15. The molecule has 2 N–H and O–H groups in total. The molecule has 104 valence electrons. The van der Waals surface area contributed by atoms with E-state index in [-0.39, 0.29) is 11.7 Å². The molecule has 6 nitrogen and oxygen atoms in total. The van der Waals surface area contributed by atoms with Crippen LogP contribution in [0.25, 0.3) is 0 Å². The molecule has 0 saturated heterocycles. The van der Waals surface area contributed by atoms with Crippen LogP contribution >= 0.6 is 0 Å². The zero-order chi connectivity index (χ0) is 13.3. The summed E-state index contributed by atoms with van der Waals surface area (Å²) in [4.78, 5) is 10.2. The van der Waals surface area contributed by atoms with Crippen LogP contribution < -0.4 is 10.3 Å². The van der Waals surface area contributed by atoms with E-state index in [0.717, 1.165) is 12.3 Å². The topological polar surface area (TPSA) is 84.0 Å². The SMILES string of the molecule is O=S(=O)(CC1CC2CCC1C2)NNc1ncccn1. The van der Waals surface area contributed by atoms with Crippen LogP contribution in [0, 0.1) is 17.8 Å². The van der Waals surface area contributed by atoms with Crippen molar-refractivity contribution in [3.05, 3.63) is 18.5 Å². The van der Waals surface area contributed by atoms with E-state index in [4.69, 9.17) is 0 Å². The van der Waals surface area contributed by atoms with Crippen LogP contribution in [0.2, 0.25) is 0 Å². The average Bonchev–Trinajstić information content (AvgIpc) is 2.99. The second kappa shape index (κ2) is 5.05. The number of nitrogens with one attached hydrogen (secondary N) is 2. The molecule has 0 amide bonds. The number of hydrazine groups is 1. The molecule has 19 heavy (non-hydrogen) atoms. The predicted molar refractivity (Wildman–Crippen MR) is 71.5 cm³/mol. The molecule has 2 saturated carbocycles. The highest BCUT2D eigenvalue weighted by atomic mass is 32.2. The van der Waals surface area contributed by atoms with Gasteiger partial charge in [0.15, 0.2) is 0 Å². The second-order valence-electron chi connectivity index (χ2n) is 5.52. The Kier molecular flexibility index (Phi) is 3.40. The molecule has 0 aromatic carbocycles. The van der Waals surface area contributed by atoms with Gasteiger partial charge in [0, 0.05) is 12.4 Å². The number of aromatic nitrogens is 2. The summed E-state index contributed by atoms with van der Waals surface area (Å²) >= 11 is 0. The third-order valence-corrected chi connectivity index (χ3v) is 5.48. The molecule has 2 bridgehead atoms.